The largest absolute Gasteiger partial charge is 0.380 e. The second kappa shape index (κ2) is 8.13. The topological polar surface area (TPSA) is 52.6 Å². The van der Waals surface area contributed by atoms with Gasteiger partial charge in [0.05, 0.1) is 0 Å². The molecule has 1 amide bonds. The highest BCUT2D eigenvalue weighted by Gasteiger charge is 2.31. The van der Waals surface area contributed by atoms with Crippen molar-refractivity contribution in [1.29, 1.82) is 0 Å². The van der Waals surface area contributed by atoms with Gasteiger partial charge < -0.3 is 10.4 Å². The van der Waals surface area contributed by atoms with Gasteiger partial charge in [-0.25, -0.2) is 0 Å². The fourth-order valence-electron chi connectivity index (χ4n) is 3.02. The number of nitrogens with one attached hydrogen (secondary N) is 1. The Morgan fingerprint density at radius 3 is 2.52 bits per heavy atom. The minimum atomic E-state index is -1.25. The zero-order chi connectivity index (χ0) is 16.9. The van der Waals surface area contributed by atoms with Crippen LogP contribution in [-0.4, -0.2) is 40.6 Å². The molecule has 1 saturated heterocycles. The van der Waals surface area contributed by atoms with Crippen LogP contribution in [0.15, 0.2) is 24.3 Å². The van der Waals surface area contributed by atoms with Crippen molar-refractivity contribution in [2.45, 2.75) is 57.7 Å². The Labute approximate surface area is 143 Å². The summed E-state index contributed by atoms with van der Waals surface area (Å²) in [6.45, 7) is 6.37. The summed E-state index contributed by atoms with van der Waals surface area (Å²) in [5.74, 6) is -0.240. The van der Waals surface area contributed by atoms with E-state index in [0.717, 1.165) is 43.9 Å². The standard InChI is InChI=1S/C18H27ClN2O2/c1-3-10-18(2,23)17(22)20-16-8-11-21(12-9-16)13-14-4-6-15(19)7-5-14/h4-7,16,23H,3,8-13H2,1-2H3,(H,20,22). The summed E-state index contributed by atoms with van der Waals surface area (Å²) in [4.78, 5) is 14.5. The van der Waals surface area contributed by atoms with E-state index in [9.17, 15) is 9.90 Å². The molecule has 0 radical (unpaired) electrons. The summed E-state index contributed by atoms with van der Waals surface area (Å²) in [7, 11) is 0. The van der Waals surface area contributed by atoms with E-state index in [1.807, 2.05) is 19.1 Å². The lowest BCUT2D eigenvalue weighted by molar-refractivity contribution is -0.139. The van der Waals surface area contributed by atoms with E-state index in [2.05, 4.69) is 22.3 Å². The summed E-state index contributed by atoms with van der Waals surface area (Å²) in [6.07, 6.45) is 3.12. The van der Waals surface area contributed by atoms with E-state index in [-0.39, 0.29) is 11.9 Å². The predicted molar refractivity (Wildman–Crippen MR) is 93.4 cm³/mol. The lowest BCUT2D eigenvalue weighted by atomic mass is 9.97. The number of benzene rings is 1. The van der Waals surface area contributed by atoms with Crippen LogP contribution in [0.5, 0.6) is 0 Å². The molecule has 0 aliphatic carbocycles. The molecule has 128 valence electrons. The Kier molecular flexibility index (Phi) is 6.45. The van der Waals surface area contributed by atoms with Gasteiger partial charge in [0.1, 0.15) is 5.60 Å². The number of aliphatic hydroxyl groups is 1. The summed E-state index contributed by atoms with van der Waals surface area (Å²) < 4.78 is 0. The Morgan fingerprint density at radius 1 is 1.35 bits per heavy atom. The van der Waals surface area contributed by atoms with Crippen LogP contribution in [0.4, 0.5) is 0 Å². The lowest BCUT2D eigenvalue weighted by Gasteiger charge is -2.34. The third-order valence-corrected chi connectivity index (χ3v) is 4.72. The highest BCUT2D eigenvalue weighted by molar-refractivity contribution is 6.30. The molecule has 1 aromatic carbocycles. The average molecular weight is 339 g/mol. The fourth-order valence-corrected chi connectivity index (χ4v) is 3.15. The molecular weight excluding hydrogens is 312 g/mol. The van der Waals surface area contributed by atoms with Gasteiger partial charge in [-0.2, -0.15) is 0 Å². The van der Waals surface area contributed by atoms with Gasteiger partial charge in [0.15, 0.2) is 0 Å². The molecule has 1 aliphatic heterocycles. The third-order valence-electron chi connectivity index (χ3n) is 4.47. The SMILES string of the molecule is CCCC(C)(O)C(=O)NC1CCN(Cc2ccc(Cl)cc2)CC1. The molecule has 2 rings (SSSR count). The van der Waals surface area contributed by atoms with Gasteiger partial charge in [-0.3, -0.25) is 9.69 Å². The highest BCUT2D eigenvalue weighted by Crippen LogP contribution is 2.18. The van der Waals surface area contributed by atoms with E-state index in [0.29, 0.717) is 6.42 Å². The quantitative estimate of drug-likeness (QED) is 0.838. The van der Waals surface area contributed by atoms with Crippen molar-refractivity contribution in [3.63, 3.8) is 0 Å². The van der Waals surface area contributed by atoms with Crippen LogP contribution in [0.25, 0.3) is 0 Å². The normalized spacial score (nSPS) is 19.3. The van der Waals surface area contributed by atoms with Crippen LogP contribution < -0.4 is 5.32 Å². The van der Waals surface area contributed by atoms with E-state index in [1.165, 1.54) is 5.56 Å². The number of amides is 1. The first kappa shape index (κ1) is 18.2. The van der Waals surface area contributed by atoms with Gasteiger partial charge >= 0.3 is 0 Å². The van der Waals surface area contributed by atoms with Crippen molar-refractivity contribution >= 4 is 17.5 Å². The molecule has 2 N–H and O–H groups in total. The van der Waals surface area contributed by atoms with Crippen LogP contribution in [-0.2, 0) is 11.3 Å². The molecule has 0 aromatic heterocycles. The monoisotopic (exact) mass is 338 g/mol. The maximum absolute atomic E-state index is 12.1. The third kappa shape index (κ3) is 5.48. The van der Waals surface area contributed by atoms with E-state index >= 15 is 0 Å². The minimum absolute atomic E-state index is 0.160. The van der Waals surface area contributed by atoms with Gasteiger partial charge in [-0.1, -0.05) is 37.1 Å². The number of halogens is 1. The Hall–Kier alpha value is -1.10. The highest BCUT2D eigenvalue weighted by atomic mass is 35.5. The number of hydrogen-bond acceptors (Lipinski definition) is 3. The van der Waals surface area contributed by atoms with E-state index in [4.69, 9.17) is 11.6 Å². The van der Waals surface area contributed by atoms with Gasteiger partial charge in [0, 0.05) is 30.7 Å². The Balaban J connectivity index is 1.77. The smallest absolute Gasteiger partial charge is 0.251 e. The van der Waals surface area contributed by atoms with Crippen LogP contribution in [0, 0.1) is 0 Å². The molecule has 1 fully saturated rings. The molecule has 1 aliphatic rings. The first-order valence-electron chi connectivity index (χ1n) is 8.41. The van der Waals surface area contributed by atoms with Crippen molar-refractivity contribution in [3.8, 4) is 0 Å². The van der Waals surface area contributed by atoms with Gasteiger partial charge in [-0.05, 0) is 43.9 Å². The van der Waals surface area contributed by atoms with Gasteiger partial charge in [0.2, 0.25) is 0 Å². The van der Waals surface area contributed by atoms with Gasteiger partial charge in [-0.15, -0.1) is 0 Å². The molecular formula is C18H27ClN2O2. The van der Waals surface area contributed by atoms with Crippen molar-refractivity contribution in [3.05, 3.63) is 34.9 Å². The summed E-state index contributed by atoms with van der Waals surface area (Å²) in [5, 5.41) is 13.9. The molecule has 0 bridgehead atoms. The number of likely N-dealkylation sites (tertiary alicyclic amines) is 1. The zero-order valence-electron chi connectivity index (χ0n) is 14.0. The molecule has 1 heterocycles. The maximum atomic E-state index is 12.1. The molecule has 1 atom stereocenters. The molecule has 23 heavy (non-hydrogen) atoms. The fraction of sp³-hybridized carbons (Fsp3) is 0.611. The minimum Gasteiger partial charge on any atom is -0.380 e. The van der Waals surface area contributed by atoms with E-state index < -0.39 is 5.60 Å². The van der Waals surface area contributed by atoms with E-state index in [1.54, 1.807) is 6.92 Å². The number of rotatable bonds is 6. The summed E-state index contributed by atoms with van der Waals surface area (Å²) in [6, 6.07) is 8.10. The van der Waals surface area contributed by atoms with Crippen molar-refractivity contribution in [2.75, 3.05) is 13.1 Å². The zero-order valence-corrected chi connectivity index (χ0v) is 14.8. The first-order valence-corrected chi connectivity index (χ1v) is 8.78. The lowest BCUT2D eigenvalue weighted by Crippen LogP contribution is -2.51. The number of hydrogen-bond donors (Lipinski definition) is 2. The average Bonchev–Trinajstić information content (AvgIpc) is 2.51. The second-order valence-electron chi connectivity index (χ2n) is 6.67. The van der Waals surface area contributed by atoms with Crippen LogP contribution >= 0.6 is 11.6 Å². The molecule has 0 spiro atoms. The molecule has 0 saturated carbocycles. The number of nitrogens with zero attached hydrogens (tertiary/aromatic N) is 1. The van der Waals surface area contributed by atoms with Crippen molar-refractivity contribution in [2.24, 2.45) is 0 Å². The Bertz CT molecular complexity index is 508. The summed E-state index contributed by atoms with van der Waals surface area (Å²) >= 11 is 5.91. The van der Waals surface area contributed by atoms with Crippen LogP contribution in [0.3, 0.4) is 0 Å². The Morgan fingerprint density at radius 2 is 1.96 bits per heavy atom. The molecule has 4 nitrogen and oxygen atoms in total. The molecule has 1 unspecified atom stereocenters. The molecule has 1 aromatic rings. The second-order valence-corrected chi connectivity index (χ2v) is 7.11. The van der Waals surface area contributed by atoms with Gasteiger partial charge in [0.25, 0.3) is 5.91 Å². The first-order chi connectivity index (χ1) is 10.9. The van der Waals surface area contributed by atoms with Crippen molar-refractivity contribution in [1.82, 2.24) is 10.2 Å². The number of carbonyl (C=O) groups excluding carboxylic acids is 1. The van der Waals surface area contributed by atoms with Crippen molar-refractivity contribution < 1.29 is 9.90 Å². The molecule has 5 heteroatoms. The van der Waals surface area contributed by atoms with Crippen LogP contribution in [0.2, 0.25) is 5.02 Å². The number of piperidine rings is 1. The number of carbonyl (C=O) groups is 1. The maximum Gasteiger partial charge on any atom is 0.251 e. The van der Waals surface area contributed by atoms with Crippen LogP contribution in [0.1, 0.15) is 45.1 Å². The predicted octanol–water partition coefficient (Wildman–Crippen LogP) is 2.97. The summed E-state index contributed by atoms with van der Waals surface area (Å²) in [5.41, 5.74) is -0.00221.